The first-order valence-electron chi connectivity index (χ1n) is 10.8. The number of likely N-dealkylation sites (tertiary alicyclic amines) is 1. The lowest BCUT2D eigenvalue weighted by Crippen LogP contribution is -2.34. The lowest BCUT2D eigenvalue weighted by molar-refractivity contribution is 0.187. The number of hydrogen-bond donors (Lipinski definition) is 1. The van der Waals surface area contributed by atoms with Crippen LogP contribution in [0.15, 0.2) is 72.8 Å². The first-order valence-corrected chi connectivity index (χ1v) is 10.8. The summed E-state index contributed by atoms with van der Waals surface area (Å²) in [4.78, 5) is 2.54. The number of benzene rings is 4. The van der Waals surface area contributed by atoms with E-state index in [-0.39, 0.29) is 6.04 Å². The van der Waals surface area contributed by atoms with Crippen LogP contribution in [0.4, 0.5) is 0 Å². The Hall–Kier alpha value is -3.04. The lowest BCUT2D eigenvalue weighted by atomic mass is 9.88. The number of aromatic hydroxyl groups is 1. The number of piperidine rings is 1. The van der Waals surface area contributed by atoms with Gasteiger partial charge in [0.05, 0.1) is 13.2 Å². The summed E-state index contributed by atoms with van der Waals surface area (Å²) in [5, 5.41) is 15.8. The van der Waals surface area contributed by atoms with E-state index in [0.29, 0.717) is 5.75 Å². The van der Waals surface area contributed by atoms with Crippen molar-refractivity contribution in [2.24, 2.45) is 0 Å². The van der Waals surface area contributed by atoms with Crippen LogP contribution in [0.1, 0.15) is 36.4 Å². The van der Waals surface area contributed by atoms with E-state index in [1.54, 1.807) is 7.11 Å². The maximum Gasteiger partial charge on any atom is 0.121 e. The Morgan fingerprint density at radius 3 is 2.37 bits per heavy atom. The SMILES string of the molecule is COc1ccc2ccc(O)c(C(c3cccc4ccccc34)N3CCCCC3)c2c1. The van der Waals surface area contributed by atoms with Gasteiger partial charge in [-0.2, -0.15) is 0 Å². The van der Waals surface area contributed by atoms with Gasteiger partial charge >= 0.3 is 0 Å². The van der Waals surface area contributed by atoms with Crippen molar-refractivity contribution in [3.63, 3.8) is 0 Å². The van der Waals surface area contributed by atoms with Gasteiger partial charge in [-0.15, -0.1) is 0 Å². The summed E-state index contributed by atoms with van der Waals surface area (Å²) in [5.74, 6) is 1.16. The highest BCUT2D eigenvalue weighted by molar-refractivity contribution is 5.92. The van der Waals surface area contributed by atoms with Crippen molar-refractivity contribution in [1.82, 2.24) is 4.90 Å². The number of nitrogens with zero attached hydrogens (tertiary/aromatic N) is 1. The lowest BCUT2D eigenvalue weighted by Gasteiger charge is -2.36. The van der Waals surface area contributed by atoms with Crippen LogP contribution in [-0.2, 0) is 0 Å². The minimum atomic E-state index is -0.00722. The molecular formula is C27H27NO2. The molecule has 0 saturated carbocycles. The highest BCUT2D eigenvalue weighted by Gasteiger charge is 2.29. The summed E-state index contributed by atoms with van der Waals surface area (Å²) in [6, 6.07) is 25.0. The summed E-state index contributed by atoms with van der Waals surface area (Å²) in [7, 11) is 1.69. The fourth-order valence-corrected chi connectivity index (χ4v) is 4.93. The number of rotatable bonds is 4. The maximum absolute atomic E-state index is 11.1. The quantitative estimate of drug-likeness (QED) is 0.440. The molecule has 1 atom stereocenters. The van der Waals surface area contributed by atoms with Gasteiger partial charge in [-0.25, -0.2) is 0 Å². The Morgan fingerprint density at radius 1 is 0.800 bits per heavy atom. The van der Waals surface area contributed by atoms with E-state index in [4.69, 9.17) is 4.74 Å². The molecule has 1 aliphatic heterocycles. The molecule has 4 aromatic rings. The summed E-state index contributed by atoms with van der Waals surface area (Å²) in [6.45, 7) is 2.07. The minimum Gasteiger partial charge on any atom is -0.508 e. The predicted molar refractivity (Wildman–Crippen MR) is 123 cm³/mol. The van der Waals surface area contributed by atoms with Crippen molar-refractivity contribution in [3.05, 3.63) is 83.9 Å². The molecule has 1 aliphatic rings. The highest BCUT2D eigenvalue weighted by atomic mass is 16.5. The summed E-state index contributed by atoms with van der Waals surface area (Å²) in [5.41, 5.74) is 2.23. The van der Waals surface area contributed by atoms with Crippen molar-refractivity contribution >= 4 is 21.5 Å². The predicted octanol–water partition coefficient (Wildman–Crippen LogP) is 6.28. The van der Waals surface area contributed by atoms with Crippen molar-refractivity contribution < 1.29 is 9.84 Å². The highest BCUT2D eigenvalue weighted by Crippen LogP contribution is 2.43. The molecule has 0 aliphatic carbocycles. The van der Waals surface area contributed by atoms with Gasteiger partial charge in [0.2, 0.25) is 0 Å². The van der Waals surface area contributed by atoms with Gasteiger partial charge in [-0.3, -0.25) is 4.90 Å². The van der Waals surface area contributed by atoms with E-state index < -0.39 is 0 Å². The second-order valence-corrected chi connectivity index (χ2v) is 8.15. The first-order chi connectivity index (χ1) is 14.8. The van der Waals surface area contributed by atoms with Crippen LogP contribution in [0.2, 0.25) is 0 Å². The van der Waals surface area contributed by atoms with Gasteiger partial charge < -0.3 is 9.84 Å². The van der Waals surface area contributed by atoms with Gasteiger partial charge in [0.15, 0.2) is 0 Å². The second kappa shape index (κ2) is 8.00. The Labute approximate surface area is 177 Å². The number of hydrogen-bond acceptors (Lipinski definition) is 3. The molecule has 1 unspecified atom stereocenters. The molecule has 3 heteroatoms. The van der Waals surface area contributed by atoms with Crippen LogP contribution in [-0.4, -0.2) is 30.2 Å². The number of phenolic OH excluding ortho intramolecular Hbond substituents is 1. The summed E-state index contributed by atoms with van der Waals surface area (Å²) < 4.78 is 5.52. The number of methoxy groups -OCH3 is 1. The van der Waals surface area contributed by atoms with Gasteiger partial charge in [-0.05, 0) is 71.2 Å². The number of fused-ring (bicyclic) bond motifs is 2. The monoisotopic (exact) mass is 397 g/mol. The minimum absolute atomic E-state index is 0.00722. The molecule has 1 saturated heterocycles. The van der Waals surface area contributed by atoms with Crippen LogP contribution in [0.3, 0.4) is 0 Å². The average molecular weight is 398 g/mol. The molecule has 0 radical (unpaired) electrons. The molecule has 152 valence electrons. The van der Waals surface area contributed by atoms with Crippen LogP contribution < -0.4 is 4.74 Å². The van der Waals surface area contributed by atoms with Crippen molar-refractivity contribution in [2.45, 2.75) is 25.3 Å². The topological polar surface area (TPSA) is 32.7 Å². The third-order valence-corrected chi connectivity index (χ3v) is 6.39. The number of phenols is 1. The zero-order valence-electron chi connectivity index (χ0n) is 17.3. The molecule has 1 heterocycles. The van der Waals surface area contributed by atoms with Crippen LogP contribution >= 0.6 is 0 Å². The Kier molecular flexibility index (Phi) is 5.06. The van der Waals surface area contributed by atoms with Gasteiger partial charge in [0, 0.05) is 5.56 Å². The first kappa shape index (κ1) is 19.0. The largest absolute Gasteiger partial charge is 0.508 e. The second-order valence-electron chi connectivity index (χ2n) is 8.15. The van der Waals surface area contributed by atoms with Crippen LogP contribution in [0, 0.1) is 0 Å². The molecule has 30 heavy (non-hydrogen) atoms. The Morgan fingerprint density at radius 2 is 1.53 bits per heavy atom. The molecule has 4 aromatic carbocycles. The van der Waals surface area contributed by atoms with Gasteiger partial charge in [0.25, 0.3) is 0 Å². The van der Waals surface area contributed by atoms with Crippen LogP contribution in [0.25, 0.3) is 21.5 Å². The van der Waals surface area contributed by atoms with Crippen LogP contribution in [0.5, 0.6) is 11.5 Å². The van der Waals surface area contributed by atoms with Crippen molar-refractivity contribution in [2.75, 3.05) is 20.2 Å². The molecular weight excluding hydrogens is 370 g/mol. The molecule has 5 rings (SSSR count). The third-order valence-electron chi connectivity index (χ3n) is 6.39. The zero-order chi connectivity index (χ0) is 20.5. The molecule has 0 aromatic heterocycles. The molecule has 0 amide bonds. The summed E-state index contributed by atoms with van der Waals surface area (Å²) in [6.07, 6.45) is 3.65. The molecule has 0 spiro atoms. The Bertz CT molecular complexity index is 1190. The molecule has 3 nitrogen and oxygen atoms in total. The normalized spacial score (nSPS) is 16.0. The Balaban J connectivity index is 1.80. The average Bonchev–Trinajstić information content (AvgIpc) is 2.81. The molecule has 0 bridgehead atoms. The molecule has 1 N–H and O–H groups in total. The van der Waals surface area contributed by atoms with E-state index in [2.05, 4.69) is 59.5 Å². The smallest absolute Gasteiger partial charge is 0.121 e. The van der Waals surface area contributed by atoms with E-state index in [9.17, 15) is 5.11 Å². The standard InChI is InChI=1S/C27H27NO2/c1-30-21-14-12-20-13-15-25(29)26(24(20)18-21)27(28-16-5-2-6-17-28)23-11-7-9-19-8-3-4-10-22(19)23/h3-4,7-15,18,27,29H,2,5-6,16-17H2,1H3. The van der Waals surface area contributed by atoms with E-state index in [0.717, 1.165) is 35.2 Å². The zero-order valence-corrected chi connectivity index (χ0v) is 17.3. The number of ether oxygens (including phenoxy) is 1. The van der Waals surface area contributed by atoms with E-state index >= 15 is 0 Å². The van der Waals surface area contributed by atoms with E-state index in [1.165, 1.54) is 35.6 Å². The van der Waals surface area contributed by atoms with Gasteiger partial charge in [0.1, 0.15) is 11.5 Å². The maximum atomic E-state index is 11.1. The van der Waals surface area contributed by atoms with Crippen molar-refractivity contribution in [3.8, 4) is 11.5 Å². The fraction of sp³-hybridized carbons (Fsp3) is 0.259. The van der Waals surface area contributed by atoms with E-state index in [1.807, 2.05) is 18.2 Å². The van der Waals surface area contributed by atoms with Crippen molar-refractivity contribution in [1.29, 1.82) is 0 Å². The summed E-state index contributed by atoms with van der Waals surface area (Å²) >= 11 is 0. The fourth-order valence-electron chi connectivity index (χ4n) is 4.93. The molecule has 1 fully saturated rings. The van der Waals surface area contributed by atoms with Gasteiger partial charge in [-0.1, -0.05) is 61.0 Å². The third kappa shape index (κ3) is 3.29.